The molecule has 2 aromatic heterocycles. The van der Waals surface area contributed by atoms with E-state index in [4.69, 9.17) is 0 Å². The molecule has 26 heavy (non-hydrogen) atoms. The first-order valence-corrected chi connectivity index (χ1v) is 8.88. The van der Waals surface area contributed by atoms with Crippen molar-refractivity contribution >= 4 is 28.3 Å². The number of fused-ring (bicyclic) bond motifs is 3. The molecule has 4 aromatic rings. The van der Waals surface area contributed by atoms with Crippen LogP contribution in [0.1, 0.15) is 11.4 Å². The molecular formula is C18H14F2N4OS. The van der Waals surface area contributed by atoms with Crippen molar-refractivity contribution in [2.45, 2.75) is 24.4 Å². The summed E-state index contributed by atoms with van der Waals surface area (Å²) >= 11 is 1.40. The molecule has 0 N–H and O–H groups in total. The minimum atomic E-state index is -2.86. The average Bonchev–Trinajstić information content (AvgIpc) is 3.02. The van der Waals surface area contributed by atoms with Gasteiger partial charge in [0.15, 0.2) is 10.8 Å². The maximum atomic E-state index is 12.6. The van der Waals surface area contributed by atoms with E-state index >= 15 is 0 Å². The average molecular weight is 372 g/mol. The normalized spacial score (nSPS) is 11.5. The number of alkyl halides is 2. The molecule has 0 atom stereocenters. The predicted molar refractivity (Wildman–Crippen MR) is 95.7 cm³/mol. The van der Waals surface area contributed by atoms with Gasteiger partial charge in [0.05, 0.1) is 5.52 Å². The van der Waals surface area contributed by atoms with Crippen molar-refractivity contribution in [1.82, 2.24) is 19.6 Å². The number of aryl methyl sites for hydroxylation is 1. The Labute approximate surface area is 152 Å². The lowest BCUT2D eigenvalue weighted by molar-refractivity contribution is -0.0503. The Balaban J connectivity index is 1.71. The summed E-state index contributed by atoms with van der Waals surface area (Å²) in [5.74, 6) is 1.23. The number of nitrogens with zero attached hydrogens (tertiary/aromatic N) is 4. The lowest BCUT2D eigenvalue weighted by Crippen LogP contribution is -2.04. The highest BCUT2D eigenvalue weighted by Gasteiger charge is 2.14. The molecule has 0 amide bonds. The minimum absolute atomic E-state index is 0.168. The highest BCUT2D eigenvalue weighted by Crippen LogP contribution is 2.30. The summed E-state index contributed by atoms with van der Waals surface area (Å²) in [6.07, 6.45) is 0. The molecule has 0 unspecified atom stereocenters. The zero-order valence-electron chi connectivity index (χ0n) is 13.8. The number of aromatic nitrogens is 4. The van der Waals surface area contributed by atoms with Crippen molar-refractivity contribution < 1.29 is 13.5 Å². The minimum Gasteiger partial charge on any atom is -0.435 e. The number of ether oxygens (including phenoxy) is 1. The Morgan fingerprint density at radius 3 is 2.69 bits per heavy atom. The van der Waals surface area contributed by atoms with Gasteiger partial charge < -0.3 is 4.74 Å². The zero-order chi connectivity index (χ0) is 18.1. The summed E-state index contributed by atoms with van der Waals surface area (Å²) in [4.78, 5) is 9.15. The van der Waals surface area contributed by atoms with Gasteiger partial charge in [0.25, 0.3) is 0 Å². The monoisotopic (exact) mass is 372 g/mol. The summed E-state index contributed by atoms with van der Waals surface area (Å²) in [5, 5.41) is 5.98. The molecule has 0 aliphatic rings. The highest BCUT2D eigenvalue weighted by molar-refractivity contribution is 7.98. The smallest absolute Gasteiger partial charge is 0.387 e. The number of thioether (sulfide) groups is 1. The Kier molecular flexibility index (Phi) is 4.42. The van der Waals surface area contributed by atoms with E-state index in [0.29, 0.717) is 22.3 Å². The van der Waals surface area contributed by atoms with E-state index in [1.54, 1.807) is 22.7 Å². The maximum absolute atomic E-state index is 12.6. The van der Waals surface area contributed by atoms with Crippen molar-refractivity contribution in [3.8, 4) is 5.75 Å². The van der Waals surface area contributed by atoms with Crippen LogP contribution in [-0.4, -0.2) is 26.2 Å². The first-order chi connectivity index (χ1) is 12.6. The van der Waals surface area contributed by atoms with Gasteiger partial charge in [0.2, 0.25) is 0 Å². The van der Waals surface area contributed by atoms with Crippen LogP contribution < -0.4 is 4.74 Å². The first kappa shape index (κ1) is 16.7. The number of benzene rings is 2. The molecular weight excluding hydrogens is 358 g/mol. The Bertz CT molecular complexity index is 1080. The predicted octanol–water partition coefficient (Wildman–Crippen LogP) is 4.48. The van der Waals surface area contributed by atoms with Crippen LogP contribution in [0, 0.1) is 6.92 Å². The first-order valence-electron chi connectivity index (χ1n) is 7.89. The highest BCUT2D eigenvalue weighted by atomic mass is 32.2. The van der Waals surface area contributed by atoms with Crippen LogP contribution in [0.2, 0.25) is 0 Å². The second-order valence-corrected chi connectivity index (χ2v) is 6.52. The SMILES string of the molecule is Cc1nc2c3ccccc3nc(SCc3ccccc3OC(F)F)n2n1. The van der Waals surface area contributed by atoms with Crippen molar-refractivity contribution in [1.29, 1.82) is 0 Å². The fraction of sp³-hybridized carbons (Fsp3) is 0.167. The maximum Gasteiger partial charge on any atom is 0.387 e. The third-order valence-electron chi connectivity index (χ3n) is 3.80. The number of halogens is 2. The number of hydrogen-bond donors (Lipinski definition) is 0. The molecule has 0 fully saturated rings. The molecule has 4 rings (SSSR count). The molecule has 2 heterocycles. The molecule has 0 spiro atoms. The van der Waals surface area contributed by atoms with Gasteiger partial charge in [-0.25, -0.2) is 9.97 Å². The van der Waals surface area contributed by atoms with Crippen LogP contribution in [0.3, 0.4) is 0 Å². The number of hydrogen-bond acceptors (Lipinski definition) is 5. The van der Waals surface area contributed by atoms with Gasteiger partial charge in [0.1, 0.15) is 11.6 Å². The van der Waals surface area contributed by atoms with E-state index in [1.165, 1.54) is 17.8 Å². The number of rotatable bonds is 5. The van der Waals surface area contributed by atoms with Crippen molar-refractivity contribution in [2.75, 3.05) is 0 Å². The molecule has 0 radical (unpaired) electrons. The zero-order valence-corrected chi connectivity index (χ0v) is 14.6. The van der Waals surface area contributed by atoms with Gasteiger partial charge in [-0.3, -0.25) is 0 Å². The van der Waals surface area contributed by atoms with Crippen molar-refractivity contribution in [3.63, 3.8) is 0 Å². The van der Waals surface area contributed by atoms with Crippen LogP contribution in [0.4, 0.5) is 8.78 Å². The topological polar surface area (TPSA) is 52.3 Å². The Hall–Kier alpha value is -2.74. The molecule has 5 nitrogen and oxygen atoms in total. The molecule has 0 saturated carbocycles. The molecule has 2 aromatic carbocycles. The van der Waals surface area contributed by atoms with Crippen LogP contribution in [0.25, 0.3) is 16.6 Å². The summed E-state index contributed by atoms with van der Waals surface area (Å²) in [6, 6.07) is 14.5. The van der Waals surface area contributed by atoms with E-state index in [0.717, 1.165) is 16.6 Å². The fourth-order valence-electron chi connectivity index (χ4n) is 2.70. The third-order valence-corrected chi connectivity index (χ3v) is 4.78. The van der Waals surface area contributed by atoms with E-state index in [-0.39, 0.29) is 5.75 Å². The summed E-state index contributed by atoms with van der Waals surface area (Å²) in [6.45, 7) is -1.04. The molecule has 132 valence electrons. The summed E-state index contributed by atoms with van der Waals surface area (Å²) < 4.78 is 31.5. The molecule has 0 aliphatic heterocycles. The van der Waals surface area contributed by atoms with Crippen LogP contribution in [0.15, 0.2) is 53.7 Å². The fourth-order valence-corrected chi connectivity index (χ4v) is 3.64. The largest absolute Gasteiger partial charge is 0.435 e. The Morgan fingerprint density at radius 1 is 1.08 bits per heavy atom. The Morgan fingerprint density at radius 2 is 1.85 bits per heavy atom. The second-order valence-electron chi connectivity index (χ2n) is 5.58. The van der Waals surface area contributed by atoms with Crippen LogP contribution in [0.5, 0.6) is 5.75 Å². The van der Waals surface area contributed by atoms with Crippen molar-refractivity contribution in [3.05, 3.63) is 59.9 Å². The molecule has 0 aliphatic carbocycles. The quantitative estimate of drug-likeness (QED) is 0.382. The van der Waals surface area contributed by atoms with E-state index in [9.17, 15) is 8.78 Å². The summed E-state index contributed by atoms with van der Waals surface area (Å²) in [5.41, 5.74) is 2.21. The van der Waals surface area contributed by atoms with Crippen LogP contribution >= 0.6 is 11.8 Å². The molecule has 0 bridgehead atoms. The van der Waals surface area contributed by atoms with E-state index < -0.39 is 6.61 Å². The number of para-hydroxylation sites is 2. The third kappa shape index (κ3) is 3.20. The lowest BCUT2D eigenvalue weighted by atomic mass is 10.2. The van der Waals surface area contributed by atoms with Gasteiger partial charge in [-0.15, -0.1) is 5.10 Å². The van der Waals surface area contributed by atoms with Crippen LogP contribution in [-0.2, 0) is 5.75 Å². The molecule has 8 heteroatoms. The van der Waals surface area contributed by atoms with E-state index in [1.807, 2.05) is 31.2 Å². The van der Waals surface area contributed by atoms with Crippen molar-refractivity contribution in [2.24, 2.45) is 0 Å². The molecule has 0 saturated heterocycles. The van der Waals surface area contributed by atoms with Gasteiger partial charge in [0, 0.05) is 16.7 Å². The van der Waals surface area contributed by atoms with E-state index in [2.05, 4.69) is 19.8 Å². The van der Waals surface area contributed by atoms with Gasteiger partial charge in [-0.2, -0.15) is 13.3 Å². The lowest BCUT2D eigenvalue weighted by Gasteiger charge is -2.10. The van der Waals surface area contributed by atoms with Gasteiger partial charge >= 0.3 is 6.61 Å². The van der Waals surface area contributed by atoms with Gasteiger partial charge in [-0.1, -0.05) is 42.1 Å². The second kappa shape index (κ2) is 6.87. The van der Waals surface area contributed by atoms with Gasteiger partial charge in [-0.05, 0) is 25.1 Å². The standard InChI is InChI=1S/C18H14F2N4OS/c1-11-21-16-13-7-3-4-8-14(13)22-18(24(16)23-11)26-10-12-6-2-5-9-15(12)25-17(19)20/h2-9,17H,10H2,1H3. The summed E-state index contributed by atoms with van der Waals surface area (Å²) in [7, 11) is 0.